The molecule has 43 heavy (non-hydrogen) atoms. The third-order valence-electron chi connectivity index (χ3n) is 3.98. The van der Waals surface area contributed by atoms with Gasteiger partial charge in [0.2, 0.25) is 0 Å². The molecular weight excluding hydrogens is 600 g/mol. The zero-order valence-electron chi connectivity index (χ0n) is 23.8. The van der Waals surface area contributed by atoms with Crippen molar-refractivity contribution in [2.45, 2.75) is 96.0 Å². The molecule has 256 valence electrons. The van der Waals surface area contributed by atoms with Crippen LogP contribution in [0.4, 0.5) is 0 Å². The second-order valence-corrected chi connectivity index (χ2v) is 8.12. The fourth-order valence-electron chi connectivity index (χ4n) is 2.57. The number of rotatable bonds is 4. The predicted molar refractivity (Wildman–Crippen MR) is 135 cm³/mol. The number of aliphatic carboxylic acids is 5. The molecule has 2 aliphatic heterocycles. The molecule has 2 aliphatic rings. The molecule has 21 heteroatoms. The lowest BCUT2D eigenvalue weighted by Gasteiger charge is -2.45. The van der Waals surface area contributed by atoms with Crippen molar-refractivity contribution in [1.82, 2.24) is 0 Å². The Kier molecular flexibility index (Phi) is 27.7. The average Bonchev–Trinajstić information content (AvgIpc) is 2.82. The Morgan fingerprint density at radius 3 is 1.14 bits per heavy atom. The minimum atomic E-state index is -1.74. The standard InChI is InChI=1S/C12H22O11.5C2H4O2/c13-1-3-5(15)6(16)9(19)12(22-3)23-10-4(2-14)21-11(20)8(18)7(10)17;5*1-2(3)4/h3-20H,1-2H2;5*1H3,(H,3,4)/t3-,4-,5+,6+,7-,8-,9-,10-,11?,12+;;;;;/m1...../s1. The van der Waals surface area contributed by atoms with Crippen molar-refractivity contribution in [2.75, 3.05) is 13.2 Å². The van der Waals surface area contributed by atoms with Crippen molar-refractivity contribution in [2.24, 2.45) is 0 Å². The van der Waals surface area contributed by atoms with Gasteiger partial charge in [-0.05, 0) is 0 Å². The van der Waals surface area contributed by atoms with Crippen LogP contribution in [0.1, 0.15) is 34.6 Å². The predicted octanol–water partition coefficient (Wildman–Crippen LogP) is -4.94. The van der Waals surface area contributed by atoms with E-state index < -0.39 is 104 Å². The number of hydrogen-bond donors (Lipinski definition) is 13. The molecule has 0 saturated carbocycles. The maximum atomic E-state index is 9.94. The van der Waals surface area contributed by atoms with Crippen molar-refractivity contribution < 1.29 is 105 Å². The average molecular weight is 643 g/mol. The minimum absolute atomic E-state index is 0.667. The van der Waals surface area contributed by atoms with Crippen molar-refractivity contribution in [3.05, 3.63) is 0 Å². The van der Waals surface area contributed by atoms with Gasteiger partial charge < -0.3 is 80.6 Å². The molecule has 10 atom stereocenters. The van der Waals surface area contributed by atoms with Crippen LogP contribution in [-0.4, -0.2) is 171 Å². The van der Waals surface area contributed by atoms with Crippen LogP contribution in [0, 0.1) is 0 Å². The minimum Gasteiger partial charge on any atom is -0.481 e. The number of carbonyl (C=O) groups is 5. The molecule has 0 bridgehead atoms. The van der Waals surface area contributed by atoms with E-state index in [9.17, 15) is 35.7 Å². The van der Waals surface area contributed by atoms with Gasteiger partial charge in [-0.1, -0.05) is 0 Å². The van der Waals surface area contributed by atoms with Gasteiger partial charge in [-0.3, -0.25) is 24.0 Å². The maximum absolute atomic E-state index is 9.94. The van der Waals surface area contributed by atoms with Crippen LogP contribution in [0.25, 0.3) is 0 Å². The van der Waals surface area contributed by atoms with Gasteiger partial charge in [0, 0.05) is 34.6 Å². The summed E-state index contributed by atoms with van der Waals surface area (Å²) < 4.78 is 15.3. The van der Waals surface area contributed by atoms with Crippen molar-refractivity contribution in [3.63, 3.8) is 0 Å². The highest BCUT2D eigenvalue weighted by Crippen LogP contribution is 2.28. The van der Waals surface area contributed by atoms with E-state index in [1.54, 1.807) is 0 Å². The molecule has 0 spiro atoms. The first-order valence-corrected chi connectivity index (χ1v) is 11.7. The van der Waals surface area contributed by atoms with Crippen LogP contribution in [0.5, 0.6) is 0 Å². The zero-order chi connectivity index (χ0) is 35.2. The molecule has 0 aliphatic carbocycles. The molecule has 21 nitrogen and oxygen atoms in total. The Morgan fingerprint density at radius 1 is 0.512 bits per heavy atom. The van der Waals surface area contributed by atoms with Gasteiger partial charge in [0.1, 0.15) is 48.8 Å². The van der Waals surface area contributed by atoms with Gasteiger partial charge in [0.05, 0.1) is 13.2 Å². The van der Waals surface area contributed by atoms with Crippen molar-refractivity contribution >= 4 is 29.8 Å². The first-order valence-electron chi connectivity index (χ1n) is 11.7. The topological polar surface area (TPSA) is 376 Å². The number of carboxylic acids is 5. The van der Waals surface area contributed by atoms with E-state index in [1.807, 2.05) is 0 Å². The molecule has 2 rings (SSSR count). The van der Waals surface area contributed by atoms with E-state index in [0.29, 0.717) is 0 Å². The van der Waals surface area contributed by atoms with E-state index in [0.717, 1.165) is 34.6 Å². The third-order valence-corrected chi connectivity index (χ3v) is 3.98. The van der Waals surface area contributed by atoms with Gasteiger partial charge in [-0.15, -0.1) is 0 Å². The summed E-state index contributed by atoms with van der Waals surface area (Å²) in [5, 5.41) is 114. The normalized spacial score (nSPS) is 30.5. The highest BCUT2D eigenvalue weighted by atomic mass is 16.7. The van der Waals surface area contributed by atoms with Gasteiger partial charge >= 0.3 is 0 Å². The summed E-state index contributed by atoms with van der Waals surface area (Å²) in [6.45, 7) is 4.07. The summed E-state index contributed by atoms with van der Waals surface area (Å²) in [5.41, 5.74) is 0. The second kappa shape index (κ2) is 25.4. The number of hydrogen-bond acceptors (Lipinski definition) is 16. The zero-order valence-corrected chi connectivity index (χ0v) is 23.8. The Morgan fingerprint density at radius 2 is 0.837 bits per heavy atom. The van der Waals surface area contributed by atoms with Crippen LogP contribution >= 0.6 is 0 Å². The van der Waals surface area contributed by atoms with Crippen molar-refractivity contribution in [1.29, 1.82) is 0 Å². The van der Waals surface area contributed by atoms with E-state index in [4.69, 9.17) is 68.8 Å². The number of ether oxygens (including phenoxy) is 3. The maximum Gasteiger partial charge on any atom is 0.300 e. The van der Waals surface area contributed by atoms with Crippen molar-refractivity contribution in [3.8, 4) is 0 Å². The molecule has 0 aromatic rings. The smallest absolute Gasteiger partial charge is 0.300 e. The molecule has 2 fully saturated rings. The molecule has 2 heterocycles. The summed E-state index contributed by atoms with van der Waals surface area (Å²) in [5.74, 6) is -4.17. The fraction of sp³-hybridized carbons (Fsp3) is 0.773. The molecule has 0 aromatic carbocycles. The molecular formula is C22H42O21. The first kappa shape index (κ1) is 46.9. The van der Waals surface area contributed by atoms with Gasteiger partial charge in [-0.2, -0.15) is 0 Å². The van der Waals surface area contributed by atoms with Crippen LogP contribution in [0.15, 0.2) is 0 Å². The summed E-state index contributed by atoms with van der Waals surface area (Å²) >= 11 is 0. The van der Waals surface area contributed by atoms with E-state index in [-0.39, 0.29) is 0 Å². The SMILES string of the molecule is CC(=O)O.CC(=O)O.CC(=O)O.CC(=O)O.CC(=O)O.OC[C@H]1O[C@@H](O[C@H]2[C@H](O)[C@@H](O)C(O)O[C@@H]2CO)[C@H](O)[C@@H](O)[C@H]1O. The summed E-state index contributed by atoms with van der Waals surface area (Å²) in [7, 11) is 0. The molecule has 13 N–H and O–H groups in total. The van der Waals surface area contributed by atoms with Gasteiger partial charge in [-0.25, -0.2) is 0 Å². The Labute approximate surface area is 244 Å². The van der Waals surface area contributed by atoms with E-state index in [1.165, 1.54) is 0 Å². The Hall–Kier alpha value is -3.09. The lowest BCUT2D eigenvalue weighted by molar-refractivity contribution is -0.355. The van der Waals surface area contributed by atoms with Crippen LogP contribution in [0.2, 0.25) is 0 Å². The summed E-state index contributed by atoms with van der Waals surface area (Å²) in [6, 6.07) is 0. The molecule has 0 aromatic heterocycles. The van der Waals surface area contributed by atoms with Crippen LogP contribution in [0.3, 0.4) is 0 Å². The molecule has 0 radical (unpaired) electrons. The second-order valence-electron chi connectivity index (χ2n) is 8.12. The summed E-state index contributed by atoms with van der Waals surface area (Å²) in [4.78, 5) is 45.0. The Bertz CT molecular complexity index is 712. The molecule has 0 amide bonds. The van der Waals surface area contributed by atoms with Gasteiger partial charge in [0.15, 0.2) is 12.6 Å². The quantitative estimate of drug-likeness (QED) is 0.136. The number of aliphatic hydroxyl groups excluding tert-OH is 8. The van der Waals surface area contributed by atoms with E-state index >= 15 is 0 Å². The summed E-state index contributed by atoms with van der Waals surface area (Å²) in [6.07, 6.45) is -15.6. The number of carboxylic acid groups (broad SMARTS) is 5. The highest BCUT2D eigenvalue weighted by molar-refractivity contribution is 5.63. The molecule has 1 unspecified atom stereocenters. The molecule has 2 saturated heterocycles. The monoisotopic (exact) mass is 642 g/mol. The number of aliphatic hydroxyl groups is 8. The van der Waals surface area contributed by atoms with E-state index in [2.05, 4.69) is 0 Å². The van der Waals surface area contributed by atoms with Gasteiger partial charge in [0.25, 0.3) is 29.8 Å². The largest absolute Gasteiger partial charge is 0.481 e. The fourth-order valence-corrected chi connectivity index (χ4v) is 2.57. The first-order chi connectivity index (χ1) is 19.5. The highest BCUT2D eigenvalue weighted by Gasteiger charge is 2.50. The third kappa shape index (κ3) is 26.3. The lowest BCUT2D eigenvalue weighted by atomic mass is 9.97. The lowest BCUT2D eigenvalue weighted by Crippen LogP contribution is -2.64. The Balaban J connectivity index is -0.000000309. The van der Waals surface area contributed by atoms with Crippen LogP contribution in [-0.2, 0) is 38.2 Å². The van der Waals surface area contributed by atoms with Crippen LogP contribution < -0.4 is 0 Å².